The maximum absolute atomic E-state index is 12.2. The van der Waals surface area contributed by atoms with Crippen LogP contribution in [0.2, 0.25) is 0 Å². The fourth-order valence-electron chi connectivity index (χ4n) is 3.01. The van der Waals surface area contributed by atoms with E-state index >= 15 is 0 Å². The van der Waals surface area contributed by atoms with E-state index in [1.807, 2.05) is 0 Å². The first-order valence-electron chi connectivity index (χ1n) is 6.59. The van der Waals surface area contributed by atoms with Crippen LogP contribution in [0.25, 0.3) is 0 Å². The summed E-state index contributed by atoms with van der Waals surface area (Å²) in [5.74, 6) is -0.118. The van der Waals surface area contributed by atoms with E-state index in [-0.39, 0.29) is 24.0 Å². The van der Waals surface area contributed by atoms with Gasteiger partial charge in [0.1, 0.15) is 4.88 Å². The monoisotopic (exact) mass is 331 g/mol. The second kappa shape index (κ2) is 5.24. The van der Waals surface area contributed by atoms with Gasteiger partial charge in [0.15, 0.2) is 0 Å². The van der Waals surface area contributed by atoms with Crippen LogP contribution in [0.15, 0.2) is 11.4 Å². The van der Waals surface area contributed by atoms with Gasteiger partial charge in [-0.25, -0.2) is 13.1 Å². The number of sulfonamides is 1. The Morgan fingerprint density at radius 3 is 2.86 bits per heavy atom. The predicted molar refractivity (Wildman–Crippen MR) is 79.6 cm³/mol. The number of hydrogen-bond acceptors (Lipinski definition) is 6. The molecular formula is C12H17N3O4S2. The molecule has 0 radical (unpaired) electrons. The van der Waals surface area contributed by atoms with E-state index in [1.54, 1.807) is 11.4 Å². The predicted octanol–water partition coefficient (Wildman–Crippen LogP) is -0.235. The number of rotatable bonds is 4. The molecule has 9 heteroatoms. The summed E-state index contributed by atoms with van der Waals surface area (Å²) in [4.78, 5) is 12.7. The zero-order chi connectivity index (χ0) is 15.2. The van der Waals surface area contributed by atoms with Crippen molar-refractivity contribution >= 4 is 33.0 Å². The first-order valence-corrected chi connectivity index (χ1v) is 9.36. The Labute approximate surface area is 126 Å². The molecule has 1 aliphatic carbocycles. The smallest absolute Gasteiger partial charge is 0.263 e. The van der Waals surface area contributed by atoms with Gasteiger partial charge in [-0.05, 0) is 17.9 Å². The lowest BCUT2D eigenvalue weighted by Crippen LogP contribution is -2.70. The number of nitrogen functional groups attached to an aromatic ring is 1. The standard InChI is InChI=1S/C12H17N3O4S2/c1-21(17,18)15-9-8(6-2-4-19-10(6)9)14-12(16)11-7(13)3-5-20-11/h3,5-6,8-10,15H,2,4,13H2,1H3,(H,14,16)/t6-,8+,9-,10-/m0/s1. The number of thiophene rings is 1. The van der Waals surface area contributed by atoms with Crippen LogP contribution in [-0.4, -0.2) is 45.4 Å². The molecule has 0 unspecified atom stereocenters. The minimum Gasteiger partial charge on any atom is -0.397 e. The Kier molecular flexibility index (Phi) is 3.68. The molecule has 2 fully saturated rings. The summed E-state index contributed by atoms with van der Waals surface area (Å²) in [5, 5.41) is 4.64. The van der Waals surface area contributed by atoms with Crippen LogP contribution in [0, 0.1) is 5.92 Å². The normalized spacial score (nSPS) is 31.5. The molecular weight excluding hydrogens is 314 g/mol. The largest absolute Gasteiger partial charge is 0.397 e. The van der Waals surface area contributed by atoms with E-state index in [1.165, 1.54) is 11.3 Å². The summed E-state index contributed by atoms with van der Waals surface area (Å²) in [6, 6.07) is 0.993. The van der Waals surface area contributed by atoms with Gasteiger partial charge >= 0.3 is 0 Å². The van der Waals surface area contributed by atoms with Gasteiger partial charge in [-0.2, -0.15) is 0 Å². The average molecular weight is 331 g/mol. The van der Waals surface area contributed by atoms with Crippen LogP contribution in [0.4, 0.5) is 5.69 Å². The van der Waals surface area contributed by atoms with Crippen molar-refractivity contribution in [3.8, 4) is 0 Å². The van der Waals surface area contributed by atoms with Crippen molar-refractivity contribution in [3.63, 3.8) is 0 Å². The van der Waals surface area contributed by atoms with Gasteiger partial charge in [0.05, 0.1) is 30.1 Å². The number of fused-ring (bicyclic) bond motifs is 1. The lowest BCUT2D eigenvalue weighted by Gasteiger charge is -2.47. The summed E-state index contributed by atoms with van der Waals surface area (Å²) in [6.07, 6.45) is 1.76. The first kappa shape index (κ1) is 14.8. The van der Waals surface area contributed by atoms with Crippen molar-refractivity contribution in [1.29, 1.82) is 0 Å². The minimum atomic E-state index is -3.36. The summed E-state index contributed by atoms with van der Waals surface area (Å²) >= 11 is 1.27. The third-order valence-electron chi connectivity index (χ3n) is 3.94. The maximum atomic E-state index is 12.2. The van der Waals surface area contributed by atoms with Crippen LogP contribution in [0.3, 0.4) is 0 Å². The lowest BCUT2D eigenvalue weighted by molar-refractivity contribution is -0.0193. The topological polar surface area (TPSA) is 111 Å². The van der Waals surface area contributed by atoms with Crippen molar-refractivity contribution in [1.82, 2.24) is 10.0 Å². The van der Waals surface area contributed by atoms with Crippen LogP contribution >= 0.6 is 11.3 Å². The van der Waals surface area contributed by atoms with Gasteiger partial charge in [0.2, 0.25) is 10.0 Å². The number of amides is 1. The Balaban J connectivity index is 1.74. The Hall–Kier alpha value is -1.16. The molecule has 2 aliphatic rings. The number of ether oxygens (including phenoxy) is 1. The molecule has 1 saturated heterocycles. The van der Waals surface area contributed by atoms with Gasteiger partial charge in [-0.1, -0.05) is 0 Å². The highest BCUT2D eigenvalue weighted by Crippen LogP contribution is 2.39. The number of carbonyl (C=O) groups is 1. The van der Waals surface area contributed by atoms with E-state index in [0.717, 1.165) is 12.7 Å². The van der Waals surface area contributed by atoms with E-state index in [0.29, 0.717) is 17.2 Å². The van der Waals surface area contributed by atoms with Crippen LogP contribution in [0.5, 0.6) is 0 Å². The highest BCUT2D eigenvalue weighted by molar-refractivity contribution is 7.88. The van der Waals surface area contributed by atoms with Crippen molar-refractivity contribution in [2.45, 2.75) is 24.6 Å². The third kappa shape index (κ3) is 2.78. The second-order valence-corrected chi connectivity index (χ2v) is 8.10. The molecule has 1 aromatic rings. The molecule has 3 rings (SSSR count). The fraction of sp³-hybridized carbons (Fsp3) is 0.583. The molecule has 1 amide bonds. The van der Waals surface area contributed by atoms with Gasteiger partial charge in [0.25, 0.3) is 5.91 Å². The third-order valence-corrected chi connectivity index (χ3v) is 5.56. The Morgan fingerprint density at radius 1 is 1.48 bits per heavy atom. The van der Waals surface area contributed by atoms with Crippen LogP contribution in [-0.2, 0) is 14.8 Å². The van der Waals surface area contributed by atoms with E-state index < -0.39 is 16.1 Å². The summed E-state index contributed by atoms with van der Waals surface area (Å²) < 4.78 is 31.0. The van der Waals surface area contributed by atoms with Crippen LogP contribution in [0.1, 0.15) is 16.1 Å². The molecule has 1 aromatic heterocycles. The van der Waals surface area contributed by atoms with Crippen molar-refractivity contribution in [2.75, 3.05) is 18.6 Å². The molecule has 1 aliphatic heterocycles. The van der Waals surface area contributed by atoms with Gasteiger partial charge in [-0.3, -0.25) is 4.79 Å². The highest BCUT2D eigenvalue weighted by atomic mass is 32.2. The van der Waals surface area contributed by atoms with Gasteiger partial charge in [0, 0.05) is 12.5 Å². The zero-order valence-electron chi connectivity index (χ0n) is 11.4. The molecule has 0 aromatic carbocycles. The van der Waals surface area contributed by atoms with Crippen molar-refractivity contribution < 1.29 is 17.9 Å². The number of carbonyl (C=O) groups excluding carboxylic acids is 1. The molecule has 0 bridgehead atoms. The minimum absolute atomic E-state index is 0.148. The van der Waals surface area contributed by atoms with E-state index in [4.69, 9.17) is 10.5 Å². The molecule has 1 saturated carbocycles. The number of nitrogens with two attached hydrogens (primary N) is 1. The number of hydrogen-bond donors (Lipinski definition) is 3. The molecule has 4 N–H and O–H groups in total. The molecule has 7 nitrogen and oxygen atoms in total. The Bertz CT molecular complexity index is 657. The molecule has 0 spiro atoms. The highest BCUT2D eigenvalue weighted by Gasteiger charge is 2.55. The second-order valence-electron chi connectivity index (χ2n) is 5.41. The number of nitrogens with one attached hydrogen (secondary N) is 2. The molecule has 21 heavy (non-hydrogen) atoms. The molecule has 2 heterocycles. The van der Waals surface area contributed by atoms with E-state index in [2.05, 4.69) is 10.0 Å². The molecule has 4 atom stereocenters. The fourth-order valence-corrected chi connectivity index (χ4v) is 4.51. The van der Waals surface area contributed by atoms with Crippen molar-refractivity contribution in [2.24, 2.45) is 5.92 Å². The van der Waals surface area contributed by atoms with Crippen molar-refractivity contribution in [3.05, 3.63) is 16.3 Å². The Morgan fingerprint density at radius 2 is 2.24 bits per heavy atom. The first-order chi connectivity index (χ1) is 9.87. The quantitative estimate of drug-likeness (QED) is 0.705. The maximum Gasteiger partial charge on any atom is 0.263 e. The molecule has 116 valence electrons. The SMILES string of the molecule is CS(=O)(=O)N[C@H]1[C@H](NC(=O)c2sccc2N)[C@@H]2CCO[C@@H]21. The van der Waals surface area contributed by atoms with Gasteiger partial charge < -0.3 is 15.8 Å². The zero-order valence-corrected chi connectivity index (χ0v) is 13.0. The summed E-state index contributed by atoms with van der Waals surface area (Å²) in [6.45, 7) is 0.588. The van der Waals surface area contributed by atoms with E-state index in [9.17, 15) is 13.2 Å². The van der Waals surface area contributed by atoms with Crippen LogP contribution < -0.4 is 15.8 Å². The lowest BCUT2D eigenvalue weighted by atomic mass is 9.72. The summed E-state index contributed by atoms with van der Waals surface area (Å²) in [7, 11) is -3.36. The average Bonchev–Trinajstić information content (AvgIpc) is 2.99. The number of anilines is 1. The summed E-state index contributed by atoms with van der Waals surface area (Å²) in [5.41, 5.74) is 6.17. The van der Waals surface area contributed by atoms with Gasteiger partial charge in [-0.15, -0.1) is 11.3 Å².